The molecule has 6 heteroatoms. The monoisotopic (exact) mass is 276 g/mol. The zero-order chi connectivity index (χ0) is 15.1. The predicted molar refractivity (Wildman–Crippen MR) is 70.8 cm³/mol. The van der Waals surface area contributed by atoms with Gasteiger partial charge in [-0.25, -0.2) is 4.79 Å². The summed E-state index contributed by atoms with van der Waals surface area (Å²) in [7, 11) is 1.22. The van der Waals surface area contributed by atoms with Crippen LogP contribution in [0.3, 0.4) is 0 Å². The van der Waals surface area contributed by atoms with Crippen LogP contribution in [0.5, 0.6) is 5.75 Å². The minimum Gasteiger partial charge on any atom is -0.508 e. The van der Waals surface area contributed by atoms with E-state index in [1.807, 2.05) is 6.07 Å². The molecule has 0 fully saturated rings. The third-order valence-corrected chi connectivity index (χ3v) is 2.71. The average molecular weight is 276 g/mol. The molecule has 0 unspecified atom stereocenters. The minimum absolute atomic E-state index is 0.0438. The molecule has 2 atom stereocenters. The lowest BCUT2D eigenvalue weighted by Gasteiger charge is -2.17. The van der Waals surface area contributed by atoms with Crippen LogP contribution >= 0.6 is 0 Å². The summed E-state index contributed by atoms with van der Waals surface area (Å²) in [5.74, 6) is -1.57. The maximum absolute atomic E-state index is 12.0. The number of aromatic hydroxyl groups is 1. The Labute approximate surface area is 117 Å². The average Bonchev–Trinajstić information content (AvgIpc) is 2.45. The lowest BCUT2D eigenvalue weighted by molar-refractivity contribution is -0.143. The summed E-state index contributed by atoms with van der Waals surface area (Å²) in [5.41, 5.74) is 0.225. The van der Waals surface area contributed by atoms with Gasteiger partial charge in [-0.3, -0.25) is 4.79 Å². The van der Waals surface area contributed by atoms with E-state index in [-0.39, 0.29) is 17.7 Å². The summed E-state index contributed by atoms with van der Waals surface area (Å²) in [4.78, 5) is 23.6. The number of nitrogens with one attached hydrogen (secondary N) is 1. The largest absolute Gasteiger partial charge is 0.508 e. The van der Waals surface area contributed by atoms with Gasteiger partial charge in [0.25, 0.3) is 5.91 Å². The van der Waals surface area contributed by atoms with Crippen molar-refractivity contribution in [2.75, 3.05) is 7.11 Å². The van der Waals surface area contributed by atoms with Crippen LogP contribution < -0.4 is 5.32 Å². The van der Waals surface area contributed by atoms with Gasteiger partial charge in [0.1, 0.15) is 11.8 Å². The third-order valence-electron chi connectivity index (χ3n) is 2.71. The Kier molecular flexibility index (Phi) is 5.54. The van der Waals surface area contributed by atoms with Crippen molar-refractivity contribution in [2.45, 2.75) is 19.4 Å². The van der Waals surface area contributed by atoms with Crippen LogP contribution in [0.4, 0.5) is 0 Å². The molecule has 106 valence electrons. The van der Waals surface area contributed by atoms with Crippen molar-refractivity contribution >= 4 is 11.9 Å². The van der Waals surface area contributed by atoms with Crippen LogP contribution in [0.15, 0.2) is 24.3 Å². The molecule has 0 bridgehead atoms. The van der Waals surface area contributed by atoms with Crippen molar-refractivity contribution in [3.05, 3.63) is 29.8 Å². The SMILES string of the molecule is COC(=O)[C@@H](C[C@H](C)C#N)NC(=O)c1cccc(O)c1. The van der Waals surface area contributed by atoms with Crippen LogP contribution in [0, 0.1) is 17.2 Å². The summed E-state index contributed by atoms with van der Waals surface area (Å²) in [6, 6.07) is 6.86. The van der Waals surface area contributed by atoms with E-state index in [9.17, 15) is 14.7 Å². The van der Waals surface area contributed by atoms with Gasteiger partial charge in [-0.15, -0.1) is 0 Å². The third kappa shape index (κ3) is 4.28. The van der Waals surface area contributed by atoms with Gasteiger partial charge in [0.05, 0.1) is 13.2 Å². The Balaban J connectivity index is 2.81. The molecule has 0 saturated heterocycles. The van der Waals surface area contributed by atoms with E-state index in [1.54, 1.807) is 6.92 Å². The van der Waals surface area contributed by atoms with E-state index < -0.39 is 23.8 Å². The molecule has 20 heavy (non-hydrogen) atoms. The number of esters is 1. The van der Waals surface area contributed by atoms with E-state index in [4.69, 9.17) is 5.26 Å². The van der Waals surface area contributed by atoms with Crippen LogP contribution in [0.1, 0.15) is 23.7 Å². The highest BCUT2D eigenvalue weighted by molar-refractivity contribution is 5.97. The maximum Gasteiger partial charge on any atom is 0.328 e. The van der Waals surface area contributed by atoms with E-state index in [1.165, 1.54) is 31.4 Å². The molecule has 1 rings (SSSR count). The predicted octanol–water partition coefficient (Wildman–Crippen LogP) is 1.21. The zero-order valence-electron chi connectivity index (χ0n) is 11.3. The molecule has 0 saturated carbocycles. The van der Waals surface area contributed by atoms with Gasteiger partial charge in [0.2, 0.25) is 0 Å². The Bertz CT molecular complexity index is 536. The Morgan fingerprint density at radius 2 is 2.20 bits per heavy atom. The normalized spacial score (nSPS) is 12.8. The number of carbonyl (C=O) groups is 2. The van der Waals surface area contributed by atoms with Crippen molar-refractivity contribution in [1.82, 2.24) is 5.32 Å². The lowest BCUT2D eigenvalue weighted by atomic mass is 10.0. The first-order valence-corrected chi connectivity index (χ1v) is 6.05. The first-order valence-electron chi connectivity index (χ1n) is 6.05. The first-order chi connectivity index (χ1) is 9.47. The number of nitriles is 1. The number of phenols is 1. The highest BCUT2D eigenvalue weighted by Gasteiger charge is 2.24. The fourth-order valence-corrected chi connectivity index (χ4v) is 1.65. The van der Waals surface area contributed by atoms with Crippen LogP contribution in [-0.2, 0) is 9.53 Å². The number of hydrogen-bond donors (Lipinski definition) is 2. The molecule has 0 aliphatic rings. The molecule has 0 radical (unpaired) electrons. The van der Waals surface area contributed by atoms with Gasteiger partial charge in [-0.05, 0) is 31.5 Å². The molecule has 2 N–H and O–H groups in total. The van der Waals surface area contributed by atoms with Crippen molar-refractivity contribution in [3.63, 3.8) is 0 Å². The maximum atomic E-state index is 12.0. The van der Waals surface area contributed by atoms with Crippen molar-refractivity contribution in [1.29, 1.82) is 5.26 Å². The zero-order valence-corrected chi connectivity index (χ0v) is 11.3. The molecule has 1 aromatic carbocycles. The summed E-state index contributed by atoms with van der Waals surface area (Å²) in [6.45, 7) is 1.65. The number of ether oxygens (including phenoxy) is 1. The first kappa shape index (κ1) is 15.5. The molecule has 1 aromatic rings. The second kappa shape index (κ2) is 7.14. The van der Waals surface area contributed by atoms with Gasteiger partial charge in [0, 0.05) is 11.5 Å². The lowest BCUT2D eigenvalue weighted by Crippen LogP contribution is -2.42. The van der Waals surface area contributed by atoms with Gasteiger partial charge in [0.15, 0.2) is 0 Å². The molecule has 0 spiro atoms. The molecule has 1 amide bonds. The molecule has 0 heterocycles. The number of methoxy groups -OCH3 is 1. The number of carbonyl (C=O) groups excluding carboxylic acids is 2. The molecular formula is C14H16N2O4. The quantitative estimate of drug-likeness (QED) is 0.787. The summed E-state index contributed by atoms with van der Waals surface area (Å²) in [6.07, 6.45) is 0.160. The highest BCUT2D eigenvalue weighted by atomic mass is 16.5. The summed E-state index contributed by atoms with van der Waals surface area (Å²) in [5, 5.41) is 20.6. The molecule has 0 aliphatic carbocycles. The smallest absolute Gasteiger partial charge is 0.328 e. The molecular weight excluding hydrogens is 260 g/mol. The van der Waals surface area contributed by atoms with Crippen LogP contribution in [-0.4, -0.2) is 30.1 Å². The van der Waals surface area contributed by atoms with Gasteiger partial charge in [-0.1, -0.05) is 6.07 Å². The van der Waals surface area contributed by atoms with E-state index in [0.29, 0.717) is 0 Å². The molecule has 0 aromatic heterocycles. The van der Waals surface area contributed by atoms with Crippen molar-refractivity contribution in [2.24, 2.45) is 5.92 Å². The number of amides is 1. The van der Waals surface area contributed by atoms with Gasteiger partial charge in [-0.2, -0.15) is 5.26 Å². The second-order valence-corrected chi connectivity index (χ2v) is 4.37. The topological polar surface area (TPSA) is 99.4 Å². The van der Waals surface area contributed by atoms with Gasteiger partial charge >= 0.3 is 5.97 Å². The Morgan fingerprint density at radius 1 is 1.50 bits per heavy atom. The number of benzene rings is 1. The molecule has 6 nitrogen and oxygen atoms in total. The summed E-state index contributed by atoms with van der Waals surface area (Å²) < 4.78 is 4.61. The van der Waals surface area contributed by atoms with Gasteiger partial charge < -0.3 is 15.2 Å². The van der Waals surface area contributed by atoms with E-state index in [2.05, 4.69) is 10.1 Å². The van der Waals surface area contributed by atoms with E-state index in [0.717, 1.165) is 0 Å². The van der Waals surface area contributed by atoms with Crippen LogP contribution in [0.25, 0.3) is 0 Å². The highest BCUT2D eigenvalue weighted by Crippen LogP contribution is 2.12. The number of phenolic OH excluding ortho intramolecular Hbond substituents is 1. The fraction of sp³-hybridized carbons (Fsp3) is 0.357. The van der Waals surface area contributed by atoms with Crippen LogP contribution in [0.2, 0.25) is 0 Å². The second-order valence-electron chi connectivity index (χ2n) is 4.37. The standard InChI is InChI=1S/C14H16N2O4/c1-9(8-15)6-12(14(19)20-2)16-13(18)10-4-3-5-11(17)7-10/h3-5,7,9,12,17H,6H2,1-2H3,(H,16,18)/t9-,12+/m0/s1. The number of rotatable bonds is 5. The minimum atomic E-state index is -0.899. The van der Waals surface area contributed by atoms with Crippen molar-refractivity contribution in [3.8, 4) is 11.8 Å². The Morgan fingerprint density at radius 3 is 2.75 bits per heavy atom. The Hall–Kier alpha value is -2.55. The van der Waals surface area contributed by atoms with E-state index >= 15 is 0 Å². The number of hydrogen-bond acceptors (Lipinski definition) is 5. The van der Waals surface area contributed by atoms with Crippen molar-refractivity contribution < 1.29 is 19.4 Å². The molecule has 0 aliphatic heterocycles. The number of nitrogens with zero attached hydrogens (tertiary/aromatic N) is 1. The fourth-order valence-electron chi connectivity index (χ4n) is 1.65. The summed E-state index contributed by atoms with van der Waals surface area (Å²) >= 11 is 0.